The fourth-order valence-electron chi connectivity index (χ4n) is 1.82. The zero-order chi connectivity index (χ0) is 14.9. The quantitative estimate of drug-likeness (QED) is 0.624. The summed E-state index contributed by atoms with van der Waals surface area (Å²) in [7, 11) is 0. The summed E-state index contributed by atoms with van der Waals surface area (Å²) in [5, 5.41) is 3.04. The fraction of sp³-hybridized carbons (Fsp3) is 0.143. The van der Waals surface area contributed by atoms with E-state index in [1.807, 2.05) is 6.92 Å². The fourth-order valence-corrected chi connectivity index (χ4v) is 3.00. The third-order valence-corrected chi connectivity index (χ3v) is 4.03. The summed E-state index contributed by atoms with van der Waals surface area (Å²) >= 11 is 14.8. The molecular formula is C14H10BrCl2F2N. The van der Waals surface area contributed by atoms with Gasteiger partial charge in [-0.25, -0.2) is 8.78 Å². The average molecular weight is 381 g/mol. The maximum atomic E-state index is 13.3. The molecule has 2 aromatic carbocycles. The third kappa shape index (κ3) is 3.43. The van der Waals surface area contributed by atoms with E-state index in [9.17, 15) is 8.78 Å². The van der Waals surface area contributed by atoms with Gasteiger partial charge in [-0.2, -0.15) is 0 Å². The number of nitrogens with one attached hydrogen (secondary N) is 1. The van der Waals surface area contributed by atoms with Crippen LogP contribution in [0, 0.1) is 11.6 Å². The van der Waals surface area contributed by atoms with Gasteiger partial charge in [0.25, 0.3) is 0 Å². The van der Waals surface area contributed by atoms with Gasteiger partial charge in [-0.05, 0) is 36.8 Å². The van der Waals surface area contributed by atoms with E-state index in [4.69, 9.17) is 23.2 Å². The lowest BCUT2D eigenvalue weighted by Crippen LogP contribution is -2.07. The van der Waals surface area contributed by atoms with Gasteiger partial charge in [0.15, 0.2) is 5.82 Å². The Hall–Kier alpha value is -0.840. The molecule has 0 amide bonds. The minimum Gasteiger partial charge on any atom is -0.378 e. The van der Waals surface area contributed by atoms with Crippen molar-refractivity contribution in [3.05, 3.63) is 62.0 Å². The Bertz CT molecular complexity index is 626. The molecule has 2 aromatic rings. The zero-order valence-corrected chi connectivity index (χ0v) is 13.5. The Labute approximate surface area is 134 Å². The second-order valence-corrected chi connectivity index (χ2v) is 5.95. The molecule has 0 bridgehead atoms. The molecular weight excluding hydrogens is 371 g/mol. The summed E-state index contributed by atoms with van der Waals surface area (Å²) in [6.45, 7) is 1.89. The van der Waals surface area contributed by atoms with Crippen LogP contribution in [0.5, 0.6) is 0 Å². The van der Waals surface area contributed by atoms with Crippen molar-refractivity contribution in [3.63, 3.8) is 0 Å². The van der Waals surface area contributed by atoms with Gasteiger partial charge in [0.1, 0.15) is 5.82 Å². The average Bonchev–Trinajstić information content (AvgIpc) is 2.35. The number of halogens is 5. The summed E-state index contributed by atoms with van der Waals surface area (Å²) in [6, 6.07) is 7.21. The van der Waals surface area contributed by atoms with Crippen LogP contribution in [0.3, 0.4) is 0 Å². The van der Waals surface area contributed by atoms with Crippen molar-refractivity contribution < 1.29 is 8.78 Å². The molecule has 20 heavy (non-hydrogen) atoms. The Morgan fingerprint density at radius 2 is 1.70 bits per heavy atom. The van der Waals surface area contributed by atoms with E-state index in [0.29, 0.717) is 10.2 Å². The van der Waals surface area contributed by atoms with Crippen LogP contribution < -0.4 is 5.32 Å². The van der Waals surface area contributed by atoms with Gasteiger partial charge < -0.3 is 5.32 Å². The van der Waals surface area contributed by atoms with Crippen LogP contribution in [0.4, 0.5) is 14.5 Å². The number of hydrogen-bond donors (Lipinski definition) is 1. The molecule has 0 saturated heterocycles. The second-order valence-electron chi connectivity index (χ2n) is 4.29. The molecule has 1 atom stereocenters. The van der Waals surface area contributed by atoms with Crippen molar-refractivity contribution in [1.82, 2.24) is 0 Å². The van der Waals surface area contributed by atoms with E-state index in [0.717, 1.165) is 5.56 Å². The van der Waals surface area contributed by atoms with E-state index in [1.54, 1.807) is 6.07 Å². The van der Waals surface area contributed by atoms with Gasteiger partial charge >= 0.3 is 0 Å². The van der Waals surface area contributed by atoms with E-state index in [1.165, 1.54) is 24.3 Å². The van der Waals surface area contributed by atoms with Crippen molar-refractivity contribution in [3.8, 4) is 0 Å². The molecule has 1 nitrogen and oxygen atoms in total. The third-order valence-electron chi connectivity index (χ3n) is 2.80. The number of benzene rings is 2. The van der Waals surface area contributed by atoms with Gasteiger partial charge in [0.2, 0.25) is 0 Å². The van der Waals surface area contributed by atoms with Crippen LogP contribution in [0.1, 0.15) is 18.5 Å². The Morgan fingerprint density at radius 1 is 1.10 bits per heavy atom. The van der Waals surface area contributed by atoms with E-state index in [2.05, 4.69) is 21.2 Å². The molecule has 1 unspecified atom stereocenters. The van der Waals surface area contributed by atoms with E-state index in [-0.39, 0.29) is 21.9 Å². The SMILES string of the molecule is CC(Nc1cc(Cl)c(F)c(Cl)c1)c1ccc(F)cc1Br. The lowest BCUT2D eigenvalue weighted by Gasteiger charge is -2.18. The van der Waals surface area contributed by atoms with Crippen molar-refractivity contribution in [2.24, 2.45) is 0 Å². The highest BCUT2D eigenvalue weighted by Gasteiger charge is 2.13. The van der Waals surface area contributed by atoms with Crippen LogP contribution >= 0.6 is 39.1 Å². The minimum absolute atomic E-state index is 0.0506. The molecule has 0 saturated carbocycles. The molecule has 0 aromatic heterocycles. The first-order valence-corrected chi connectivity index (χ1v) is 7.29. The molecule has 0 aliphatic carbocycles. The molecule has 106 valence electrons. The summed E-state index contributed by atoms with van der Waals surface area (Å²) in [5.41, 5.74) is 1.45. The molecule has 0 aliphatic rings. The molecule has 1 N–H and O–H groups in total. The number of hydrogen-bond acceptors (Lipinski definition) is 1. The highest BCUT2D eigenvalue weighted by molar-refractivity contribution is 9.10. The van der Waals surface area contributed by atoms with Crippen LogP contribution in [0.2, 0.25) is 10.0 Å². The first kappa shape index (κ1) is 15.5. The summed E-state index contributed by atoms with van der Waals surface area (Å²) < 4.78 is 27.0. The highest BCUT2D eigenvalue weighted by atomic mass is 79.9. The van der Waals surface area contributed by atoms with Crippen molar-refractivity contribution in [2.45, 2.75) is 13.0 Å². The normalized spacial score (nSPS) is 12.3. The maximum absolute atomic E-state index is 13.3. The zero-order valence-electron chi connectivity index (χ0n) is 10.4. The van der Waals surface area contributed by atoms with Crippen LogP contribution in [-0.2, 0) is 0 Å². The Kier molecular flexibility index (Phi) is 4.89. The van der Waals surface area contributed by atoms with E-state index >= 15 is 0 Å². The number of rotatable bonds is 3. The molecule has 0 heterocycles. The largest absolute Gasteiger partial charge is 0.378 e. The topological polar surface area (TPSA) is 12.0 Å². The van der Waals surface area contributed by atoms with Gasteiger partial charge in [0.05, 0.1) is 10.0 Å². The monoisotopic (exact) mass is 379 g/mol. The summed E-state index contributed by atoms with van der Waals surface area (Å²) in [6.07, 6.45) is 0. The lowest BCUT2D eigenvalue weighted by molar-refractivity contribution is 0.625. The van der Waals surface area contributed by atoms with E-state index < -0.39 is 5.82 Å². The van der Waals surface area contributed by atoms with Crippen LogP contribution in [0.15, 0.2) is 34.8 Å². The Balaban J connectivity index is 2.25. The predicted molar refractivity (Wildman–Crippen MR) is 82.6 cm³/mol. The smallest absolute Gasteiger partial charge is 0.160 e. The highest BCUT2D eigenvalue weighted by Crippen LogP contribution is 2.31. The minimum atomic E-state index is -0.644. The Morgan fingerprint density at radius 3 is 2.25 bits per heavy atom. The molecule has 0 radical (unpaired) electrons. The predicted octanol–water partition coefficient (Wildman–Crippen LogP) is 6.21. The van der Waals surface area contributed by atoms with Crippen LogP contribution in [-0.4, -0.2) is 0 Å². The first-order chi connectivity index (χ1) is 9.38. The van der Waals surface area contributed by atoms with Gasteiger partial charge in [-0.15, -0.1) is 0 Å². The van der Waals surface area contributed by atoms with Gasteiger partial charge in [-0.3, -0.25) is 0 Å². The first-order valence-electron chi connectivity index (χ1n) is 5.74. The van der Waals surface area contributed by atoms with Crippen molar-refractivity contribution >= 4 is 44.8 Å². The second kappa shape index (κ2) is 6.29. The molecule has 0 fully saturated rings. The lowest BCUT2D eigenvalue weighted by atomic mass is 10.1. The maximum Gasteiger partial charge on any atom is 0.160 e. The number of anilines is 1. The molecule has 2 rings (SSSR count). The van der Waals surface area contributed by atoms with Crippen molar-refractivity contribution in [1.29, 1.82) is 0 Å². The molecule has 0 spiro atoms. The molecule has 6 heteroatoms. The van der Waals surface area contributed by atoms with Gasteiger partial charge in [-0.1, -0.05) is 45.2 Å². The molecule has 0 aliphatic heterocycles. The standard InChI is InChI=1S/C14H10BrCl2F2N/c1-7(10-3-2-8(18)4-11(10)15)20-9-5-12(16)14(19)13(17)6-9/h2-7,20H,1H3. The van der Waals surface area contributed by atoms with Crippen LogP contribution in [0.25, 0.3) is 0 Å². The van der Waals surface area contributed by atoms with Gasteiger partial charge in [0, 0.05) is 16.2 Å². The summed E-state index contributed by atoms with van der Waals surface area (Å²) in [5.74, 6) is -0.963. The van der Waals surface area contributed by atoms with Crippen molar-refractivity contribution in [2.75, 3.05) is 5.32 Å². The summed E-state index contributed by atoms with van der Waals surface area (Å²) in [4.78, 5) is 0.